The van der Waals surface area contributed by atoms with Crippen LogP contribution in [0, 0.1) is 11.6 Å². The Morgan fingerprint density at radius 2 is 1.70 bits per heavy atom. The monoisotopic (exact) mass is 354 g/mol. The van der Waals surface area contributed by atoms with Crippen LogP contribution in [0.4, 0.5) is 8.78 Å². The van der Waals surface area contributed by atoms with Crippen LogP contribution in [-0.4, -0.2) is 56.4 Å². The summed E-state index contributed by atoms with van der Waals surface area (Å²) in [6.45, 7) is 1.42. The van der Waals surface area contributed by atoms with Crippen LogP contribution >= 0.6 is 0 Å². The third kappa shape index (κ3) is 3.84. The highest BCUT2D eigenvalue weighted by molar-refractivity contribution is 7.86. The molecule has 10 heteroatoms. The second-order valence-electron chi connectivity index (χ2n) is 5.05. The fraction of sp³-hybridized carbons (Fsp3) is 0.538. The van der Waals surface area contributed by atoms with Crippen LogP contribution in [0.25, 0.3) is 0 Å². The summed E-state index contributed by atoms with van der Waals surface area (Å²) in [5, 5.41) is 20.0. The summed E-state index contributed by atoms with van der Waals surface area (Å²) in [5.74, 6) is -2.22. The van der Waals surface area contributed by atoms with Crippen LogP contribution in [0.15, 0.2) is 23.1 Å². The Bertz CT molecular complexity index is 646. The van der Waals surface area contributed by atoms with Crippen molar-refractivity contribution in [1.29, 1.82) is 0 Å². The van der Waals surface area contributed by atoms with Crippen molar-refractivity contribution in [2.75, 3.05) is 7.11 Å². The van der Waals surface area contributed by atoms with E-state index in [0.29, 0.717) is 18.2 Å². The SMILES string of the molecule is CO[C@H]1O[C@@H](C)[C@@H](O)[C@@H](OS(=O)(=O)c2cc(F)cc(F)c2)[C@@H]1O. The average molecular weight is 354 g/mol. The van der Waals surface area contributed by atoms with Crippen LogP contribution in [-0.2, 0) is 23.8 Å². The maximum atomic E-state index is 13.2. The predicted octanol–water partition coefficient (Wildman–Crippen LogP) is 0.152. The molecule has 0 aromatic heterocycles. The van der Waals surface area contributed by atoms with E-state index in [0.717, 1.165) is 0 Å². The molecule has 0 saturated carbocycles. The van der Waals surface area contributed by atoms with Crippen molar-refractivity contribution in [2.24, 2.45) is 0 Å². The molecule has 1 aliphatic heterocycles. The van der Waals surface area contributed by atoms with Gasteiger partial charge in [-0.1, -0.05) is 0 Å². The van der Waals surface area contributed by atoms with Crippen molar-refractivity contribution >= 4 is 10.1 Å². The quantitative estimate of drug-likeness (QED) is 0.742. The van der Waals surface area contributed by atoms with E-state index in [-0.39, 0.29) is 0 Å². The van der Waals surface area contributed by atoms with Crippen molar-refractivity contribution < 1.29 is 41.1 Å². The number of ether oxygens (including phenoxy) is 2. The van der Waals surface area contributed by atoms with E-state index in [1.165, 1.54) is 14.0 Å². The number of rotatable bonds is 4. The topological polar surface area (TPSA) is 102 Å². The standard InChI is InChI=1S/C13H16F2O7S/c1-6-10(16)12(11(17)13(20-2)21-6)22-23(18,19)9-4-7(14)3-8(15)5-9/h3-6,10-13,16-17H,1-2H3/t6-,10+,11-,12+,13-/m0/s1. The maximum absolute atomic E-state index is 13.2. The summed E-state index contributed by atoms with van der Waals surface area (Å²) in [5.41, 5.74) is 0. The Morgan fingerprint density at radius 3 is 2.22 bits per heavy atom. The van der Waals surface area contributed by atoms with Gasteiger partial charge in [-0.05, 0) is 19.1 Å². The number of aliphatic hydroxyl groups excluding tert-OH is 2. The van der Waals surface area contributed by atoms with Crippen LogP contribution < -0.4 is 0 Å². The number of hydrogen-bond acceptors (Lipinski definition) is 7. The third-order valence-electron chi connectivity index (χ3n) is 3.38. The van der Waals surface area contributed by atoms with Crippen molar-refractivity contribution in [2.45, 2.75) is 42.5 Å². The van der Waals surface area contributed by atoms with E-state index in [2.05, 4.69) is 0 Å². The summed E-state index contributed by atoms with van der Waals surface area (Å²) in [6, 6.07) is 1.63. The molecule has 2 rings (SSSR count). The van der Waals surface area contributed by atoms with E-state index in [1.54, 1.807) is 0 Å². The second-order valence-corrected chi connectivity index (χ2v) is 6.62. The molecule has 0 radical (unpaired) electrons. The number of aliphatic hydroxyl groups is 2. The van der Waals surface area contributed by atoms with E-state index < -0.39 is 57.4 Å². The molecule has 0 unspecified atom stereocenters. The molecule has 23 heavy (non-hydrogen) atoms. The number of halogens is 2. The average Bonchev–Trinajstić information content (AvgIpc) is 2.46. The van der Waals surface area contributed by atoms with Crippen molar-refractivity contribution in [3.05, 3.63) is 29.8 Å². The predicted molar refractivity (Wildman–Crippen MR) is 71.8 cm³/mol. The molecule has 130 valence electrons. The lowest BCUT2D eigenvalue weighted by Crippen LogP contribution is -2.58. The highest BCUT2D eigenvalue weighted by Gasteiger charge is 2.46. The van der Waals surface area contributed by atoms with Crippen LogP contribution in [0.5, 0.6) is 0 Å². The largest absolute Gasteiger partial charge is 0.388 e. The smallest absolute Gasteiger partial charge is 0.297 e. The van der Waals surface area contributed by atoms with Gasteiger partial charge >= 0.3 is 0 Å². The highest BCUT2D eigenvalue weighted by atomic mass is 32.2. The lowest BCUT2D eigenvalue weighted by Gasteiger charge is -2.40. The van der Waals surface area contributed by atoms with Crippen LogP contribution in [0.2, 0.25) is 0 Å². The zero-order valence-corrected chi connectivity index (χ0v) is 13.0. The van der Waals surface area contributed by atoms with Gasteiger partial charge in [-0.15, -0.1) is 0 Å². The molecule has 1 aromatic rings. The Morgan fingerprint density at radius 1 is 1.13 bits per heavy atom. The van der Waals surface area contributed by atoms with Gasteiger partial charge in [0.25, 0.3) is 10.1 Å². The summed E-state index contributed by atoms with van der Waals surface area (Å²) in [6.07, 6.45) is -6.87. The number of benzene rings is 1. The van der Waals surface area contributed by atoms with Gasteiger partial charge in [0.05, 0.1) is 11.0 Å². The maximum Gasteiger partial charge on any atom is 0.297 e. The molecule has 1 heterocycles. The first-order chi connectivity index (χ1) is 10.7. The Balaban J connectivity index is 2.30. The van der Waals surface area contributed by atoms with Gasteiger partial charge < -0.3 is 19.7 Å². The van der Waals surface area contributed by atoms with Crippen molar-refractivity contribution in [3.63, 3.8) is 0 Å². The first-order valence-electron chi connectivity index (χ1n) is 6.59. The van der Waals surface area contributed by atoms with E-state index >= 15 is 0 Å². The zero-order chi connectivity index (χ0) is 17.4. The van der Waals surface area contributed by atoms with E-state index in [9.17, 15) is 27.4 Å². The molecule has 2 N–H and O–H groups in total. The van der Waals surface area contributed by atoms with E-state index in [4.69, 9.17) is 13.7 Å². The zero-order valence-electron chi connectivity index (χ0n) is 12.2. The minimum atomic E-state index is -4.64. The van der Waals surface area contributed by atoms with Gasteiger partial charge in [0, 0.05) is 13.2 Å². The minimum Gasteiger partial charge on any atom is -0.388 e. The summed E-state index contributed by atoms with van der Waals surface area (Å²) in [4.78, 5) is -0.775. The van der Waals surface area contributed by atoms with Gasteiger partial charge in [-0.2, -0.15) is 8.42 Å². The fourth-order valence-electron chi connectivity index (χ4n) is 2.18. The van der Waals surface area contributed by atoms with Gasteiger partial charge in [0.1, 0.15) is 29.9 Å². The van der Waals surface area contributed by atoms with Gasteiger partial charge in [0.2, 0.25) is 0 Å². The first-order valence-corrected chi connectivity index (χ1v) is 8.00. The molecule has 0 spiro atoms. The van der Waals surface area contributed by atoms with E-state index in [1.807, 2.05) is 0 Å². The molecule has 7 nitrogen and oxygen atoms in total. The number of hydrogen-bond donors (Lipinski definition) is 2. The van der Waals surface area contributed by atoms with Gasteiger partial charge in [-0.3, -0.25) is 4.18 Å². The Hall–Kier alpha value is -1.17. The van der Waals surface area contributed by atoms with Gasteiger partial charge in [-0.25, -0.2) is 8.78 Å². The first kappa shape index (κ1) is 18.2. The molecular formula is C13H16F2O7S. The molecule has 0 amide bonds. The number of methoxy groups -OCH3 is 1. The van der Waals surface area contributed by atoms with Crippen LogP contribution in [0.1, 0.15) is 6.92 Å². The molecular weight excluding hydrogens is 338 g/mol. The molecule has 1 saturated heterocycles. The Kier molecular flexibility index (Phi) is 5.33. The molecule has 1 aliphatic rings. The third-order valence-corrected chi connectivity index (χ3v) is 4.67. The fourth-order valence-corrected chi connectivity index (χ4v) is 3.33. The highest BCUT2D eigenvalue weighted by Crippen LogP contribution is 2.27. The second kappa shape index (κ2) is 6.75. The normalized spacial score (nSPS) is 32.0. The van der Waals surface area contributed by atoms with Crippen LogP contribution in [0.3, 0.4) is 0 Å². The minimum absolute atomic E-state index is 0.500. The molecule has 0 bridgehead atoms. The molecule has 1 fully saturated rings. The summed E-state index contributed by atoms with van der Waals surface area (Å²) < 4.78 is 65.4. The van der Waals surface area contributed by atoms with Crippen molar-refractivity contribution in [1.82, 2.24) is 0 Å². The summed E-state index contributed by atoms with van der Waals surface area (Å²) in [7, 11) is -3.42. The molecule has 0 aliphatic carbocycles. The lowest BCUT2D eigenvalue weighted by molar-refractivity contribution is -0.280. The lowest BCUT2D eigenvalue weighted by atomic mass is 10.0. The summed E-state index contributed by atoms with van der Waals surface area (Å²) >= 11 is 0. The van der Waals surface area contributed by atoms with Gasteiger partial charge in [0.15, 0.2) is 6.29 Å². The Labute approximate surface area is 131 Å². The van der Waals surface area contributed by atoms with Crippen molar-refractivity contribution in [3.8, 4) is 0 Å². The molecule has 5 atom stereocenters. The molecule has 1 aromatic carbocycles.